The number of halogens is 3. The van der Waals surface area contributed by atoms with Crippen molar-refractivity contribution in [2.75, 3.05) is 0 Å². The van der Waals surface area contributed by atoms with Crippen molar-refractivity contribution in [3.8, 4) is 0 Å². The Morgan fingerprint density at radius 1 is 1.33 bits per heavy atom. The van der Waals surface area contributed by atoms with Crippen LogP contribution in [0.2, 0.25) is 5.15 Å². The van der Waals surface area contributed by atoms with Crippen LogP contribution in [0.15, 0.2) is 32.8 Å². The maximum Gasteiger partial charge on any atom is 0.156 e. The topological polar surface area (TPSA) is 12.9 Å². The van der Waals surface area contributed by atoms with E-state index in [1.807, 2.05) is 0 Å². The molecule has 2 aromatic rings. The van der Waals surface area contributed by atoms with Gasteiger partial charge in [0.2, 0.25) is 0 Å². The molecule has 0 saturated carbocycles. The first-order chi connectivity index (χ1) is 7.15. The average Bonchev–Trinajstić information content (AvgIpc) is 2.56. The summed E-state index contributed by atoms with van der Waals surface area (Å²) in [5, 5.41) is 2.04. The van der Waals surface area contributed by atoms with E-state index in [-0.39, 0.29) is 0 Å². The van der Waals surface area contributed by atoms with Crippen molar-refractivity contribution in [1.82, 2.24) is 4.98 Å². The summed E-state index contributed by atoms with van der Waals surface area (Å²) in [6, 6.07) is 3.43. The second-order valence-corrected chi connectivity index (χ2v) is 5.15. The summed E-state index contributed by atoms with van der Waals surface area (Å²) in [5.74, 6) is -1.18. The molecule has 0 bridgehead atoms. The smallest absolute Gasteiger partial charge is 0.156 e. The van der Waals surface area contributed by atoms with Gasteiger partial charge in [0.1, 0.15) is 16.8 Å². The summed E-state index contributed by atoms with van der Waals surface area (Å²) in [5.41, 5.74) is 0. The van der Waals surface area contributed by atoms with E-state index < -0.39 is 11.6 Å². The first-order valence-electron chi connectivity index (χ1n) is 3.89. The Kier molecular flexibility index (Phi) is 3.23. The van der Waals surface area contributed by atoms with Crippen LogP contribution in [0.4, 0.5) is 8.78 Å². The van der Waals surface area contributed by atoms with Gasteiger partial charge >= 0.3 is 0 Å². The first-order valence-corrected chi connectivity index (χ1v) is 5.96. The fraction of sp³-hybridized carbons (Fsp3) is 0. The van der Waals surface area contributed by atoms with Gasteiger partial charge in [0, 0.05) is 11.4 Å². The summed E-state index contributed by atoms with van der Waals surface area (Å²) >= 11 is 8.07. The highest BCUT2D eigenvalue weighted by atomic mass is 35.5. The lowest BCUT2D eigenvalue weighted by Gasteiger charge is -1.99. The fourth-order valence-electron chi connectivity index (χ4n) is 0.938. The number of hydrogen-bond acceptors (Lipinski definition) is 3. The number of nitrogens with zero attached hydrogens (tertiary/aromatic N) is 1. The van der Waals surface area contributed by atoms with Crippen LogP contribution in [0, 0.1) is 11.6 Å². The largest absolute Gasteiger partial charge is 0.218 e. The van der Waals surface area contributed by atoms with E-state index in [4.69, 9.17) is 11.6 Å². The minimum absolute atomic E-state index is 0.336. The molecule has 0 radical (unpaired) electrons. The van der Waals surface area contributed by atoms with E-state index in [1.165, 1.54) is 23.5 Å². The number of aromatic nitrogens is 1. The van der Waals surface area contributed by atoms with Crippen molar-refractivity contribution in [3.63, 3.8) is 0 Å². The zero-order valence-corrected chi connectivity index (χ0v) is 9.60. The van der Waals surface area contributed by atoms with Crippen LogP contribution in [-0.4, -0.2) is 4.98 Å². The van der Waals surface area contributed by atoms with Crippen LogP contribution in [0.1, 0.15) is 0 Å². The third kappa shape index (κ3) is 2.68. The van der Waals surface area contributed by atoms with Gasteiger partial charge in [-0.3, -0.25) is 0 Å². The molecule has 0 aliphatic carbocycles. The molecule has 1 nitrogen and oxygen atoms in total. The summed E-state index contributed by atoms with van der Waals surface area (Å²) < 4.78 is 26.5. The lowest BCUT2D eigenvalue weighted by molar-refractivity contribution is 0.565. The molecule has 0 spiro atoms. The Hall–Kier alpha value is -0.650. The molecular weight excluding hydrogens is 260 g/mol. The molecule has 0 fully saturated rings. The molecule has 15 heavy (non-hydrogen) atoms. The normalized spacial score (nSPS) is 10.6. The van der Waals surface area contributed by atoms with Gasteiger partial charge in [-0.25, -0.2) is 13.8 Å². The van der Waals surface area contributed by atoms with Gasteiger partial charge in [-0.15, -0.1) is 11.3 Å². The van der Waals surface area contributed by atoms with Crippen LogP contribution in [0.25, 0.3) is 0 Å². The van der Waals surface area contributed by atoms with Gasteiger partial charge in [0.15, 0.2) is 4.34 Å². The predicted molar refractivity (Wildman–Crippen MR) is 57.6 cm³/mol. The van der Waals surface area contributed by atoms with Gasteiger partial charge in [0.25, 0.3) is 0 Å². The Morgan fingerprint density at radius 3 is 2.73 bits per heavy atom. The number of rotatable bonds is 2. The van der Waals surface area contributed by atoms with E-state index in [9.17, 15) is 8.78 Å². The van der Waals surface area contributed by atoms with Crippen LogP contribution in [0.5, 0.6) is 0 Å². The second-order valence-electron chi connectivity index (χ2n) is 2.61. The van der Waals surface area contributed by atoms with Crippen LogP contribution in [0.3, 0.4) is 0 Å². The number of hydrogen-bond donors (Lipinski definition) is 0. The summed E-state index contributed by atoms with van der Waals surface area (Å²) in [6.07, 6.45) is 0. The van der Waals surface area contributed by atoms with Gasteiger partial charge < -0.3 is 0 Å². The average molecular weight is 264 g/mol. The number of benzene rings is 1. The van der Waals surface area contributed by atoms with Crippen LogP contribution < -0.4 is 0 Å². The molecule has 0 saturated heterocycles. The first kappa shape index (κ1) is 10.9. The molecular formula is C9H4ClF2NS2. The highest BCUT2D eigenvalue weighted by molar-refractivity contribution is 8.01. The molecule has 0 atom stereocenters. The molecule has 0 aliphatic heterocycles. The lowest BCUT2D eigenvalue weighted by atomic mass is 10.3. The van der Waals surface area contributed by atoms with E-state index in [0.29, 0.717) is 14.4 Å². The molecule has 78 valence electrons. The van der Waals surface area contributed by atoms with Gasteiger partial charge in [0.05, 0.1) is 4.90 Å². The van der Waals surface area contributed by atoms with E-state index >= 15 is 0 Å². The molecule has 0 amide bonds. The third-order valence-corrected chi connectivity index (χ3v) is 3.86. The monoisotopic (exact) mass is 263 g/mol. The fourth-order valence-corrected chi connectivity index (χ4v) is 2.89. The maximum absolute atomic E-state index is 13.2. The highest BCUT2D eigenvalue weighted by Gasteiger charge is 2.08. The summed E-state index contributed by atoms with van der Waals surface area (Å²) in [4.78, 5) is 4.29. The third-order valence-electron chi connectivity index (χ3n) is 1.55. The Labute approximate surface area is 98.1 Å². The predicted octanol–water partition coefficient (Wildman–Crippen LogP) is 4.23. The Morgan fingerprint density at radius 2 is 2.13 bits per heavy atom. The molecule has 0 aliphatic rings. The summed E-state index contributed by atoms with van der Waals surface area (Å²) in [6.45, 7) is 0. The van der Waals surface area contributed by atoms with Gasteiger partial charge in [-0.2, -0.15) is 0 Å². The van der Waals surface area contributed by atoms with E-state index in [1.54, 1.807) is 5.38 Å². The Bertz CT molecular complexity index is 487. The van der Waals surface area contributed by atoms with Crippen LogP contribution in [-0.2, 0) is 0 Å². The summed E-state index contributed by atoms with van der Waals surface area (Å²) in [7, 11) is 0. The van der Waals surface area contributed by atoms with E-state index in [0.717, 1.165) is 17.8 Å². The quantitative estimate of drug-likeness (QED) is 0.804. The highest BCUT2D eigenvalue weighted by Crippen LogP contribution is 2.33. The van der Waals surface area contributed by atoms with Crippen molar-refractivity contribution < 1.29 is 8.78 Å². The van der Waals surface area contributed by atoms with Crippen molar-refractivity contribution in [2.45, 2.75) is 9.24 Å². The van der Waals surface area contributed by atoms with Crippen molar-refractivity contribution in [3.05, 3.63) is 40.4 Å². The van der Waals surface area contributed by atoms with Gasteiger partial charge in [-0.05, 0) is 12.1 Å². The number of thiazole rings is 1. The van der Waals surface area contributed by atoms with Gasteiger partial charge in [-0.1, -0.05) is 23.4 Å². The molecule has 0 N–H and O–H groups in total. The van der Waals surface area contributed by atoms with Crippen molar-refractivity contribution >= 4 is 34.7 Å². The second kappa shape index (κ2) is 4.47. The minimum Gasteiger partial charge on any atom is -0.218 e. The van der Waals surface area contributed by atoms with Crippen molar-refractivity contribution in [2.24, 2.45) is 0 Å². The zero-order chi connectivity index (χ0) is 10.8. The molecule has 2 rings (SSSR count). The van der Waals surface area contributed by atoms with Crippen molar-refractivity contribution in [1.29, 1.82) is 0 Å². The molecule has 1 aromatic carbocycles. The maximum atomic E-state index is 13.2. The van der Waals surface area contributed by atoms with Crippen LogP contribution >= 0.6 is 34.7 Å². The molecule has 1 heterocycles. The standard InChI is InChI=1S/C9H4ClF2NS2/c10-8-4-14-9(13-8)15-7-2-1-5(11)3-6(7)12/h1-4H. The Balaban J connectivity index is 2.24. The molecule has 1 aromatic heterocycles. The molecule has 6 heteroatoms. The zero-order valence-electron chi connectivity index (χ0n) is 7.21. The SMILES string of the molecule is Fc1ccc(Sc2nc(Cl)cs2)c(F)c1. The van der Waals surface area contributed by atoms with E-state index in [2.05, 4.69) is 4.98 Å². The molecule has 0 unspecified atom stereocenters. The minimum atomic E-state index is -0.591. The lowest BCUT2D eigenvalue weighted by Crippen LogP contribution is -1.82.